The van der Waals surface area contributed by atoms with Gasteiger partial charge in [0.2, 0.25) is 15.0 Å². The second-order valence-electron chi connectivity index (χ2n) is 4.40. The second kappa shape index (κ2) is 5.49. The van der Waals surface area contributed by atoms with Crippen LogP contribution in [0, 0.1) is 6.92 Å². The average molecular weight is 356 g/mol. The van der Waals surface area contributed by atoms with Gasteiger partial charge in [-0.15, -0.1) is 0 Å². The molecular formula is C13H14BrN3O2S. The minimum Gasteiger partial charge on any atom is -0.328 e. The summed E-state index contributed by atoms with van der Waals surface area (Å²) in [6.45, 7) is 1.74. The molecule has 7 heteroatoms. The number of aryl methyl sites for hydroxylation is 1. The molecule has 0 aliphatic heterocycles. The molecule has 0 atom stereocenters. The first-order valence-corrected chi connectivity index (χ1v) is 8.52. The van der Waals surface area contributed by atoms with E-state index in [0.717, 1.165) is 11.9 Å². The van der Waals surface area contributed by atoms with Crippen molar-refractivity contribution in [1.29, 1.82) is 0 Å². The third-order valence-corrected chi connectivity index (χ3v) is 4.55. The van der Waals surface area contributed by atoms with Crippen LogP contribution in [0.25, 0.3) is 0 Å². The Morgan fingerprint density at radius 1 is 1.15 bits per heavy atom. The predicted octanol–water partition coefficient (Wildman–Crippen LogP) is 2.72. The Morgan fingerprint density at radius 3 is 2.30 bits per heavy atom. The molecule has 0 aliphatic rings. The van der Waals surface area contributed by atoms with Crippen molar-refractivity contribution >= 4 is 37.3 Å². The molecule has 0 radical (unpaired) electrons. The summed E-state index contributed by atoms with van der Waals surface area (Å²) < 4.78 is 24.0. The zero-order valence-corrected chi connectivity index (χ0v) is 13.7. The van der Waals surface area contributed by atoms with Gasteiger partial charge in [0.1, 0.15) is 0 Å². The molecule has 0 saturated heterocycles. The fraction of sp³-hybridized carbons (Fsp3) is 0.231. The molecule has 0 unspecified atom stereocenters. The molecule has 1 heterocycles. The van der Waals surface area contributed by atoms with E-state index in [1.807, 2.05) is 42.3 Å². The lowest BCUT2D eigenvalue weighted by Crippen LogP contribution is -2.16. The summed E-state index contributed by atoms with van der Waals surface area (Å²) in [7, 11) is -1.62. The normalized spacial score (nSPS) is 11.4. The van der Waals surface area contributed by atoms with Crippen LogP contribution in [0.5, 0.6) is 0 Å². The number of hydrogen-bond acceptors (Lipinski definition) is 5. The lowest BCUT2D eigenvalue weighted by Gasteiger charge is -2.20. The second-order valence-corrected chi connectivity index (χ2v) is 7.10. The van der Waals surface area contributed by atoms with Gasteiger partial charge in [-0.2, -0.15) is 4.98 Å². The Kier molecular flexibility index (Phi) is 4.10. The number of nitrogens with zero attached hydrogens (tertiary/aromatic N) is 3. The zero-order chi connectivity index (χ0) is 14.9. The molecule has 20 heavy (non-hydrogen) atoms. The number of benzene rings is 1. The van der Waals surface area contributed by atoms with Gasteiger partial charge in [-0.3, -0.25) is 0 Å². The Labute approximate surface area is 126 Å². The van der Waals surface area contributed by atoms with E-state index in [2.05, 4.69) is 25.9 Å². The van der Waals surface area contributed by atoms with Gasteiger partial charge in [-0.1, -0.05) is 18.2 Å². The maximum absolute atomic E-state index is 11.6. The molecule has 0 spiro atoms. The van der Waals surface area contributed by atoms with Gasteiger partial charge < -0.3 is 4.90 Å². The summed E-state index contributed by atoms with van der Waals surface area (Å²) in [6, 6.07) is 9.57. The first-order valence-electron chi connectivity index (χ1n) is 5.83. The fourth-order valence-corrected chi connectivity index (χ4v) is 2.68. The highest BCUT2D eigenvalue weighted by Crippen LogP contribution is 2.31. The smallest absolute Gasteiger partial charge is 0.249 e. The summed E-state index contributed by atoms with van der Waals surface area (Å²) in [6.07, 6.45) is 1.10. The van der Waals surface area contributed by atoms with E-state index in [-0.39, 0.29) is 5.16 Å². The number of hydrogen-bond donors (Lipinski definition) is 0. The standard InChI is InChI=1S/C13H14BrN3O2S/c1-9-11(14)12(16-13(15-9)20(3,18)19)17(2)10-7-5-4-6-8-10/h4-8H,1-3H3. The number of halogens is 1. The monoisotopic (exact) mass is 355 g/mol. The first-order chi connectivity index (χ1) is 9.30. The first kappa shape index (κ1) is 14.9. The van der Waals surface area contributed by atoms with Crippen molar-refractivity contribution in [3.8, 4) is 0 Å². The fourth-order valence-electron chi connectivity index (χ4n) is 1.68. The Bertz CT molecular complexity index is 733. The molecule has 0 N–H and O–H groups in total. The molecule has 0 saturated carbocycles. The van der Waals surface area contributed by atoms with Crippen molar-refractivity contribution in [2.24, 2.45) is 0 Å². The Hall–Kier alpha value is -1.47. The summed E-state index contributed by atoms with van der Waals surface area (Å²) in [4.78, 5) is 9.98. The van der Waals surface area contributed by atoms with Crippen LogP contribution in [-0.2, 0) is 9.84 Å². The van der Waals surface area contributed by atoms with Crippen LogP contribution in [0.4, 0.5) is 11.5 Å². The molecule has 0 fully saturated rings. The van der Waals surface area contributed by atoms with Crippen LogP contribution in [0.3, 0.4) is 0 Å². The summed E-state index contributed by atoms with van der Waals surface area (Å²) in [5.74, 6) is 0.518. The van der Waals surface area contributed by atoms with Crippen LogP contribution in [0.1, 0.15) is 5.69 Å². The van der Waals surface area contributed by atoms with E-state index in [0.29, 0.717) is 16.0 Å². The summed E-state index contributed by atoms with van der Waals surface area (Å²) in [5.41, 5.74) is 1.49. The summed E-state index contributed by atoms with van der Waals surface area (Å²) >= 11 is 3.42. The van der Waals surface area contributed by atoms with Crippen LogP contribution in [0.15, 0.2) is 40.0 Å². The third-order valence-electron chi connectivity index (χ3n) is 2.77. The maximum atomic E-state index is 11.6. The topological polar surface area (TPSA) is 63.2 Å². The molecule has 5 nitrogen and oxygen atoms in total. The predicted molar refractivity (Wildman–Crippen MR) is 82.1 cm³/mol. The van der Waals surface area contributed by atoms with Gasteiger partial charge >= 0.3 is 0 Å². The van der Waals surface area contributed by atoms with Crippen LogP contribution in [0.2, 0.25) is 0 Å². The number of sulfone groups is 1. The third kappa shape index (κ3) is 2.99. The van der Waals surface area contributed by atoms with Crippen molar-refractivity contribution < 1.29 is 8.42 Å². The van der Waals surface area contributed by atoms with E-state index in [1.165, 1.54) is 0 Å². The van der Waals surface area contributed by atoms with Crippen LogP contribution < -0.4 is 4.90 Å². The van der Waals surface area contributed by atoms with Crippen molar-refractivity contribution in [2.45, 2.75) is 12.1 Å². The molecule has 0 bridgehead atoms. The van der Waals surface area contributed by atoms with Gasteiger partial charge in [0, 0.05) is 19.0 Å². The van der Waals surface area contributed by atoms with Gasteiger partial charge in [0.25, 0.3) is 0 Å². The number of anilines is 2. The quantitative estimate of drug-likeness (QED) is 0.792. The van der Waals surface area contributed by atoms with Crippen molar-refractivity contribution in [2.75, 3.05) is 18.2 Å². The summed E-state index contributed by atoms with van der Waals surface area (Å²) in [5, 5.41) is -0.170. The molecule has 0 aliphatic carbocycles. The van der Waals surface area contributed by atoms with Crippen LogP contribution in [-0.4, -0.2) is 31.7 Å². The number of aromatic nitrogens is 2. The van der Waals surface area contributed by atoms with E-state index in [4.69, 9.17) is 0 Å². The molecule has 0 amide bonds. The molecule has 1 aromatic carbocycles. The van der Waals surface area contributed by atoms with Crippen molar-refractivity contribution in [3.05, 3.63) is 40.5 Å². The van der Waals surface area contributed by atoms with Crippen molar-refractivity contribution in [3.63, 3.8) is 0 Å². The molecule has 106 valence electrons. The number of para-hydroxylation sites is 1. The van der Waals surface area contributed by atoms with E-state index >= 15 is 0 Å². The van der Waals surface area contributed by atoms with E-state index in [9.17, 15) is 8.42 Å². The minimum atomic E-state index is -3.45. The maximum Gasteiger partial charge on any atom is 0.249 e. The number of rotatable bonds is 3. The lowest BCUT2D eigenvalue weighted by atomic mass is 10.3. The molecule has 1 aromatic heterocycles. The Balaban J connectivity index is 2.59. The Morgan fingerprint density at radius 2 is 1.75 bits per heavy atom. The molecular weight excluding hydrogens is 342 g/mol. The SMILES string of the molecule is Cc1nc(S(C)(=O)=O)nc(N(C)c2ccccc2)c1Br. The highest BCUT2D eigenvalue weighted by atomic mass is 79.9. The van der Waals surface area contributed by atoms with Crippen molar-refractivity contribution in [1.82, 2.24) is 9.97 Å². The lowest BCUT2D eigenvalue weighted by molar-refractivity contribution is 0.592. The van der Waals surface area contributed by atoms with Gasteiger partial charge in [-0.25, -0.2) is 13.4 Å². The molecule has 2 rings (SSSR count). The average Bonchev–Trinajstić information content (AvgIpc) is 2.40. The van der Waals surface area contributed by atoms with Gasteiger partial charge in [0.05, 0.1) is 10.2 Å². The minimum absolute atomic E-state index is 0.170. The highest BCUT2D eigenvalue weighted by Gasteiger charge is 2.19. The van der Waals surface area contributed by atoms with E-state index in [1.54, 1.807) is 6.92 Å². The zero-order valence-electron chi connectivity index (χ0n) is 11.3. The van der Waals surface area contributed by atoms with E-state index < -0.39 is 9.84 Å². The highest BCUT2D eigenvalue weighted by molar-refractivity contribution is 9.10. The molecule has 2 aromatic rings. The van der Waals surface area contributed by atoms with Gasteiger partial charge in [0.15, 0.2) is 5.82 Å². The van der Waals surface area contributed by atoms with Gasteiger partial charge in [-0.05, 0) is 35.0 Å². The largest absolute Gasteiger partial charge is 0.328 e. The van der Waals surface area contributed by atoms with Crippen LogP contribution >= 0.6 is 15.9 Å².